The summed E-state index contributed by atoms with van der Waals surface area (Å²) in [6.07, 6.45) is 0.396. The Labute approximate surface area is 67.4 Å². The zero-order valence-electron chi connectivity index (χ0n) is 7.39. The summed E-state index contributed by atoms with van der Waals surface area (Å²) >= 11 is 0. The largest absolute Gasteiger partial charge is 0.394 e. The molecule has 3 nitrogen and oxygen atoms in total. The zero-order valence-corrected chi connectivity index (χ0v) is 7.39. The fourth-order valence-corrected chi connectivity index (χ4v) is 0.972. The molecule has 3 heteroatoms. The van der Waals surface area contributed by atoms with E-state index in [0.717, 1.165) is 0 Å². The van der Waals surface area contributed by atoms with Crippen LogP contribution in [0.2, 0.25) is 0 Å². The van der Waals surface area contributed by atoms with E-state index in [1.165, 1.54) is 6.92 Å². The Balaban J connectivity index is 3.70. The summed E-state index contributed by atoms with van der Waals surface area (Å²) in [7, 11) is 0. The Morgan fingerprint density at radius 3 is 2.45 bits per heavy atom. The number of ketones is 1. The van der Waals surface area contributed by atoms with Crippen LogP contribution < -0.4 is 0 Å². The van der Waals surface area contributed by atoms with Gasteiger partial charge in [0.25, 0.3) is 0 Å². The minimum atomic E-state index is -0.436. The number of carbonyl (C=O) groups excluding carboxylic acids is 1. The lowest BCUT2D eigenvalue weighted by molar-refractivity contribution is -0.123. The molecule has 0 aromatic heterocycles. The molecule has 0 atom stereocenters. The SMILES string of the molecule is CC(=O)CC(C)(C)OCCO. The van der Waals surface area contributed by atoms with E-state index in [4.69, 9.17) is 9.84 Å². The van der Waals surface area contributed by atoms with E-state index in [2.05, 4.69) is 0 Å². The Hall–Kier alpha value is -0.410. The average molecular weight is 160 g/mol. The summed E-state index contributed by atoms with van der Waals surface area (Å²) in [5, 5.41) is 8.45. The number of Topliss-reactive ketones (excluding diaryl/α,β-unsaturated/α-hetero) is 1. The molecule has 0 aromatic rings. The van der Waals surface area contributed by atoms with Gasteiger partial charge in [-0.15, -0.1) is 0 Å². The van der Waals surface area contributed by atoms with E-state index in [0.29, 0.717) is 13.0 Å². The first-order valence-corrected chi connectivity index (χ1v) is 3.72. The molecule has 0 heterocycles. The molecule has 11 heavy (non-hydrogen) atoms. The molecule has 0 rings (SSSR count). The van der Waals surface area contributed by atoms with Crippen molar-refractivity contribution in [2.24, 2.45) is 0 Å². The van der Waals surface area contributed by atoms with Crippen LogP contribution in [0.4, 0.5) is 0 Å². The second-order valence-corrected chi connectivity index (χ2v) is 3.21. The van der Waals surface area contributed by atoms with Crippen molar-refractivity contribution in [1.82, 2.24) is 0 Å². The van der Waals surface area contributed by atoms with Crippen molar-refractivity contribution in [3.05, 3.63) is 0 Å². The first-order chi connectivity index (χ1) is 4.98. The second-order valence-electron chi connectivity index (χ2n) is 3.21. The Kier molecular flexibility index (Phi) is 4.30. The fraction of sp³-hybridized carbons (Fsp3) is 0.875. The Bertz CT molecular complexity index is 129. The number of aliphatic hydroxyl groups is 1. The van der Waals surface area contributed by atoms with Crippen LogP contribution >= 0.6 is 0 Å². The quantitative estimate of drug-likeness (QED) is 0.645. The van der Waals surface area contributed by atoms with Gasteiger partial charge in [-0.05, 0) is 20.8 Å². The minimum absolute atomic E-state index is 0.00132. The topological polar surface area (TPSA) is 46.5 Å². The lowest BCUT2D eigenvalue weighted by Gasteiger charge is -2.23. The van der Waals surface area contributed by atoms with E-state index in [1.54, 1.807) is 0 Å². The highest BCUT2D eigenvalue weighted by molar-refractivity contribution is 5.76. The van der Waals surface area contributed by atoms with Crippen molar-refractivity contribution in [2.45, 2.75) is 32.8 Å². The van der Waals surface area contributed by atoms with Crippen molar-refractivity contribution >= 4 is 5.78 Å². The van der Waals surface area contributed by atoms with Crippen molar-refractivity contribution in [2.75, 3.05) is 13.2 Å². The molecule has 0 saturated heterocycles. The van der Waals surface area contributed by atoms with Crippen LogP contribution in [0, 0.1) is 0 Å². The molecule has 0 unspecified atom stereocenters. The van der Waals surface area contributed by atoms with E-state index >= 15 is 0 Å². The average Bonchev–Trinajstić information content (AvgIpc) is 1.81. The molecule has 1 N–H and O–H groups in total. The van der Waals surface area contributed by atoms with Crippen molar-refractivity contribution in [1.29, 1.82) is 0 Å². The van der Waals surface area contributed by atoms with Gasteiger partial charge in [-0.2, -0.15) is 0 Å². The summed E-state index contributed by atoms with van der Waals surface area (Å²) in [4.78, 5) is 10.7. The number of hydrogen-bond acceptors (Lipinski definition) is 3. The third-order valence-corrected chi connectivity index (χ3v) is 1.26. The number of rotatable bonds is 5. The van der Waals surface area contributed by atoms with Crippen LogP contribution in [0.3, 0.4) is 0 Å². The molecule has 0 fully saturated rings. The van der Waals surface area contributed by atoms with E-state index in [9.17, 15) is 4.79 Å². The van der Waals surface area contributed by atoms with Gasteiger partial charge in [0.05, 0.1) is 18.8 Å². The highest BCUT2D eigenvalue weighted by Gasteiger charge is 2.19. The van der Waals surface area contributed by atoms with Crippen molar-refractivity contribution < 1.29 is 14.6 Å². The van der Waals surface area contributed by atoms with Gasteiger partial charge in [0.1, 0.15) is 5.78 Å². The molecular formula is C8H16O3. The van der Waals surface area contributed by atoms with Crippen molar-refractivity contribution in [3.63, 3.8) is 0 Å². The summed E-state index contributed by atoms with van der Waals surface area (Å²) in [5.74, 6) is 0.105. The third-order valence-electron chi connectivity index (χ3n) is 1.26. The smallest absolute Gasteiger partial charge is 0.132 e. The van der Waals surface area contributed by atoms with E-state index < -0.39 is 5.60 Å². The Morgan fingerprint density at radius 1 is 1.55 bits per heavy atom. The van der Waals surface area contributed by atoms with Crippen LogP contribution in [0.15, 0.2) is 0 Å². The highest BCUT2D eigenvalue weighted by Crippen LogP contribution is 2.13. The molecule has 0 aliphatic rings. The van der Waals surface area contributed by atoms with Gasteiger partial charge in [0.2, 0.25) is 0 Å². The number of hydrogen-bond donors (Lipinski definition) is 1. The van der Waals surface area contributed by atoms with Gasteiger partial charge in [-0.3, -0.25) is 4.79 Å². The lowest BCUT2D eigenvalue weighted by atomic mass is 10.0. The summed E-state index contributed by atoms with van der Waals surface area (Å²) < 4.78 is 5.22. The maximum atomic E-state index is 10.7. The van der Waals surface area contributed by atoms with Gasteiger partial charge in [-0.1, -0.05) is 0 Å². The molecule has 0 aliphatic carbocycles. The predicted octanol–water partition coefficient (Wildman–Crippen LogP) is 0.753. The second kappa shape index (κ2) is 4.46. The molecular weight excluding hydrogens is 144 g/mol. The first kappa shape index (κ1) is 10.6. The van der Waals surface area contributed by atoms with Crippen LogP contribution in [0.1, 0.15) is 27.2 Å². The number of ether oxygens (including phenoxy) is 1. The Morgan fingerprint density at radius 2 is 2.09 bits per heavy atom. The maximum Gasteiger partial charge on any atom is 0.132 e. The van der Waals surface area contributed by atoms with Gasteiger partial charge >= 0.3 is 0 Å². The third kappa shape index (κ3) is 6.01. The summed E-state index contributed by atoms with van der Waals surface area (Å²) in [6, 6.07) is 0. The number of carbonyl (C=O) groups is 1. The minimum Gasteiger partial charge on any atom is -0.394 e. The summed E-state index contributed by atoms with van der Waals surface area (Å²) in [5.41, 5.74) is -0.436. The van der Waals surface area contributed by atoms with Crippen LogP contribution in [-0.2, 0) is 9.53 Å². The predicted molar refractivity (Wildman–Crippen MR) is 42.4 cm³/mol. The molecule has 0 aromatic carbocycles. The van der Waals surface area contributed by atoms with E-state index in [-0.39, 0.29) is 12.4 Å². The van der Waals surface area contributed by atoms with Gasteiger partial charge in [0, 0.05) is 6.42 Å². The summed E-state index contributed by atoms with van der Waals surface area (Å²) in [6.45, 7) is 5.50. The maximum absolute atomic E-state index is 10.7. The van der Waals surface area contributed by atoms with Gasteiger partial charge in [-0.25, -0.2) is 0 Å². The van der Waals surface area contributed by atoms with Gasteiger partial charge < -0.3 is 9.84 Å². The molecule has 0 saturated carbocycles. The number of aliphatic hydroxyl groups excluding tert-OH is 1. The normalized spacial score (nSPS) is 11.6. The highest BCUT2D eigenvalue weighted by atomic mass is 16.5. The lowest BCUT2D eigenvalue weighted by Crippen LogP contribution is -2.28. The molecule has 0 radical (unpaired) electrons. The van der Waals surface area contributed by atoms with Crippen molar-refractivity contribution in [3.8, 4) is 0 Å². The molecule has 0 aliphatic heterocycles. The molecule has 0 spiro atoms. The van der Waals surface area contributed by atoms with Crippen LogP contribution in [0.5, 0.6) is 0 Å². The van der Waals surface area contributed by atoms with Crippen LogP contribution in [0.25, 0.3) is 0 Å². The molecule has 0 amide bonds. The van der Waals surface area contributed by atoms with Crippen LogP contribution in [-0.4, -0.2) is 29.7 Å². The first-order valence-electron chi connectivity index (χ1n) is 3.72. The van der Waals surface area contributed by atoms with Gasteiger partial charge in [0.15, 0.2) is 0 Å². The zero-order chi connectivity index (χ0) is 8.91. The standard InChI is InChI=1S/C8H16O3/c1-7(10)6-8(2,3)11-5-4-9/h9H,4-6H2,1-3H3. The van der Waals surface area contributed by atoms with E-state index in [1.807, 2.05) is 13.8 Å². The fourth-order valence-electron chi connectivity index (χ4n) is 0.972. The molecule has 0 bridgehead atoms. The monoisotopic (exact) mass is 160 g/mol. The molecule has 66 valence electrons.